The molecule has 1 heterocycles. The number of rotatable bonds is 3. The minimum atomic E-state index is -0.144. The second kappa shape index (κ2) is 4.01. The third kappa shape index (κ3) is 2.18. The summed E-state index contributed by atoms with van der Waals surface area (Å²) in [4.78, 5) is 13.2. The zero-order valence-electron chi connectivity index (χ0n) is 9.21. The number of amides is 1. The monoisotopic (exact) mass is 228 g/mol. The third-order valence-corrected chi connectivity index (χ3v) is 2.62. The number of carbonyl (C=O) groups is 1. The van der Waals surface area contributed by atoms with Gasteiger partial charge in [-0.3, -0.25) is 4.79 Å². The molecule has 0 unspecified atom stereocenters. The summed E-state index contributed by atoms with van der Waals surface area (Å²) in [6.45, 7) is 0. The summed E-state index contributed by atoms with van der Waals surface area (Å²) in [7, 11) is 0. The number of hydrogen-bond acceptors (Lipinski definition) is 3. The Balaban J connectivity index is 1.80. The van der Waals surface area contributed by atoms with Crippen molar-refractivity contribution in [1.82, 2.24) is 20.3 Å². The Labute approximate surface area is 98.4 Å². The number of hydrogen-bond donors (Lipinski definition) is 1. The van der Waals surface area contributed by atoms with Gasteiger partial charge in [0.15, 0.2) is 5.69 Å². The van der Waals surface area contributed by atoms with Crippen LogP contribution in [0.2, 0.25) is 0 Å². The van der Waals surface area contributed by atoms with Crippen LogP contribution in [0.15, 0.2) is 36.5 Å². The predicted molar refractivity (Wildman–Crippen MR) is 61.8 cm³/mol. The quantitative estimate of drug-likeness (QED) is 0.857. The number of nitrogens with one attached hydrogen (secondary N) is 1. The molecule has 17 heavy (non-hydrogen) atoms. The molecule has 86 valence electrons. The third-order valence-electron chi connectivity index (χ3n) is 2.62. The van der Waals surface area contributed by atoms with E-state index in [0.717, 1.165) is 18.5 Å². The Hall–Kier alpha value is -2.17. The van der Waals surface area contributed by atoms with E-state index in [0.29, 0.717) is 11.7 Å². The molecule has 3 rings (SSSR count). The fraction of sp³-hybridized carbons (Fsp3) is 0.250. The molecule has 5 nitrogen and oxygen atoms in total. The van der Waals surface area contributed by atoms with Gasteiger partial charge < -0.3 is 5.32 Å². The smallest absolute Gasteiger partial charge is 0.273 e. The first kappa shape index (κ1) is 10.0. The summed E-state index contributed by atoms with van der Waals surface area (Å²) >= 11 is 0. The van der Waals surface area contributed by atoms with Gasteiger partial charge in [0, 0.05) is 6.04 Å². The van der Waals surface area contributed by atoms with Crippen molar-refractivity contribution in [3.8, 4) is 5.69 Å². The maximum absolute atomic E-state index is 11.7. The Morgan fingerprint density at radius 3 is 2.76 bits per heavy atom. The number of nitrogens with zero attached hydrogens (tertiary/aromatic N) is 3. The molecule has 0 saturated heterocycles. The zero-order chi connectivity index (χ0) is 11.7. The zero-order valence-corrected chi connectivity index (χ0v) is 9.21. The van der Waals surface area contributed by atoms with Crippen molar-refractivity contribution in [2.45, 2.75) is 18.9 Å². The van der Waals surface area contributed by atoms with E-state index >= 15 is 0 Å². The Morgan fingerprint density at radius 1 is 1.29 bits per heavy atom. The molecule has 2 aromatic rings. The minimum Gasteiger partial charge on any atom is -0.348 e. The molecule has 1 aromatic carbocycles. The molecule has 0 spiro atoms. The Bertz CT molecular complexity index is 530. The summed E-state index contributed by atoms with van der Waals surface area (Å²) in [5.74, 6) is -0.144. The lowest BCUT2D eigenvalue weighted by Crippen LogP contribution is -2.25. The highest BCUT2D eigenvalue weighted by Crippen LogP contribution is 2.19. The standard InChI is InChI=1S/C12H12N4O/c17-12(14-9-6-7-9)11-8-13-16(15-11)10-4-2-1-3-5-10/h1-5,8-9H,6-7H2,(H,14,17). The lowest BCUT2D eigenvalue weighted by Gasteiger charge is -1.99. The van der Waals surface area contributed by atoms with E-state index in [2.05, 4.69) is 15.5 Å². The molecule has 1 saturated carbocycles. The molecule has 1 fully saturated rings. The van der Waals surface area contributed by atoms with E-state index in [4.69, 9.17) is 0 Å². The van der Waals surface area contributed by atoms with Crippen LogP contribution >= 0.6 is 0 Å². The second-order valence-electron chi connectivity index (χ2n) is 4.10. The maximum Gasteiger partial charge on any atom is 0.273 e. The van der Waals surface area contributed by atoms with Crippen LogP contribution < -0.4 is 5.32 Å². The van der Waals surface area contributed by atoms with Crippen LogP contribution in [-0.4, -0.2) is 26.9 Å². The van der Waals surface area contributed by atoms with E-state index in [1.54, 1.807) is 0 Å². The second-order valence-corrected chi connectivity index (χ2v) is 4.10. The van der Waals surface area contributed by atoms with Crippen molar-refractivity contribution in [2.75, 3.05) is 0 Å². The van der Waals surface area contributed by atoms with Crippen molar-refractivity contribution in [2.24, 2.45) is 0 Å². The molecular weight excluding hydrogens is 216 g/mol. The number of benzene rings is 1. The molecule has 1 aliphatic rings. The van der Waals surface area contributed by atoms with Gasteiger partial charge in [-0.25, -0.2) is 0 Å². The topological polar surface area (TPSA) is 59.8 Å². The van der Waals surface area contributed by atoms with E-state index in [1.165, 1.54) is 11.0 Å². The summed E-state index contributed by atoms with van der Waals surface area (Å²) in [6.07, 6.45) is 3.63. The summed E-state index contributed by atoms with van der Waals surface area (Å²) in [5.41, 5.74) is 1.21. The van der Waals surface area contributed by atoms with Crippen LogP contribution in [0, 0.1) is 0 Å². The van der Waals surface area contributed by atoms with Gasteiger partial charge >= 0.3 is 0 Å². The van der Waals surface area contributed by atoms with Gasteiger partial charge in [0.25, 0.3) is 5.91 Å². The molecule has 1 aliphatic carbocycles. The van der Waals surface area contributed by atoms with Crippen LogP contribution in [0.5, 0.6) is 0 Å². The first-order chi connectivity index (χ1) is 8.33. The van der Waals surface area contributed by atoms with Crippen molar-refractivity contribution in [3.05, 3.63) is 42.2 Å². The van der Waals surface area contributed by atoms with Crippen LogP contribution in [0.3, 0.4) is 0 Å². The molecule has 0 atom stereocenters. The Morgan fingerprint density at radius 2 is 2.06 bits per heavy atom. The van der Waals surface area contributed by atoms with Crippen LogP contribution in [0.1, 0.15) is 23.3 Å². The lowest BCUT2D eigenvalue weighted by atomic mass is 10.3. The van der Waals surface area contributed by atoms with Crippen LogP contribution in [0.25, 0.3) is 5.69 Å². The average molecular weight is 228 g/mol. The number of carbonyl (C=O) groups excluding carboxylic acids is 1. The van der Waals surface area contributed by atoms with Gasteiger partial charge in [0.2, 0.25) is 0 Å². The first-order valence-electron chi connectivity index (χ1n) is 5.61. The maximum atomic E-state index is 11.7. The highest BCUT2D eigenvalue weighted by atomic mass is 16.2. The van der Waals surface area contributed by atoms with E-state index in [-0.39, 0.29) is 5.91 Å². The van der Waals surface area contributed by atoms with E-state index in [9.17, 15) is 4.79 Å². The summed E-state index contributed by atoms with van der Waals surface area (Å²) in [5, 5.41) is 11.1. The molecule has 1 amide bonds. The van der Waals surface area contributed by atoms with Gasteiger partial charge in [-0.05, 0) is 25.0 Å². The molecule has 5 heteroatoms. The molecular formula is C12H12N4O. The van der Waals surface area contributed by atoms with Crippen molar-refractivity contribution in [1.29, 1.82) is 0 Å². The Kier molecular flexibility index (Phi) is 2.36. The van der Waals surface area contributed by atoms with Gasteiger partial charge in [0.05, 0.1) is 11.9 Å². The molecule has 1 N–H and O–H groups in total. The predicted octanol–water partition coefficient (Wildman–Crippen LogP) is 1.16. The minimum absolute atomic E-state index is 0.144. The molecule has 0 aliphatic heterocycles. The fourth-order valence-corrected chi connectivity index (χ4v) is 1.54. The van der Waals surface area contributed by atoms with Gasteiger partial charge in [0.1, 0.15) is 0 Å². The van der Waals surface area contributed by atoms with Gasteiger partial charge in [-0.1, -0.05) is 18.2 Å². The van der Waals surface area contributed by atoms with Crippen molar-refractivity contribution >= 4 is 5.91 Å². The number of para-hydroxylation sites is 1. The summed E-state index contributed by atoms with van der Waals surface area (Å²) < 4.78 is 0. The lowest BCUT2D eigenvalue weighted by molar-refractivity contribution is 0.0945. The molecule has 0 bridgehead atoms. The SMILES string of the molecule is O=C(NC1CC1)c1cnn(-c2ccccc2)n1. The number of aromatic nitrogens is 3. The van der Waals surface area contributed by atoms with Crippen molar-refractivity contribution in [3.63, 3.8) is 0 Å². The highest BCUT2D eigenvalue weighted by molar-refractivity contribution is 5.92. The summed E-state index contributed by atoms with van der Waals surface area (Å²) in [6, 6.07) is 9.86. The first-order valence-corrected chi connectivity index (χ1v) is 5.61. The molecule has 0 radical (unpaired) electrons. The average Bonchev–Trinajstić information content (AvgIpc) is 3.04. The van der Waals surface area contributed by atoms with Gasteiger partial charge in [-0.2, -0.15) is 9.90 Å². The van der Waals surface area contributed by atoms with Crippen molar-refractivity contribution < 1.29 is 4.79 Å². The normalized spacial score (nSPS) is 14.6. The largest absolute Gasteiger partial charge is 0.348 e. The fourth-order valence-electron chi connectivity index (χ4n) is 1.54. The molecule has 1 aromatic heterocycles. The highest BCUT2D eigenvalue weighted by Gasteiger charge is 2.24. The van der Waals surface area contributed by atoms with E-state index < -0.39 is 0 Å². The van der Waals surface area contributed by atoms with Crippen LogP contribution in [0.4, 0.5) is 0 Å². The van der Waals surface area contributed by atoms with Crippen LogP contribution in [-0.2, 0) is 0 Å². The van der Waals surface area contributed by atoms with E-state index in [1.807, 2.05) is 30.3 Å². The van der Waals surface area contributed by atoms with Gasteiger partial charge in [-0.15, -0.1) is 5.10 Å².